The van der Waals surface area contributed by atoms with Crippen molar-refractivity contribution in [3.8, 4) is 5.75 Å². The van der Waals surface area contributed by atoms with Gasteiger partial charge in [0.05, 0.1) is 11.1 Å². The summed E-state index contributed by atoms with van der Waals surface area (Å²) in [5.41, 5.74) is 7.67. The second-order valence-corrected chi connectivity index (χ2v) is 14.4. The number of nitrogens with two attached hydrogens (primary N) is 2. The lowest BCUT2D eigenvalue weighted by atomic mass is 10.1. The van der Waals surface area contributed by atoms with Gasteiger partial charge in [0, 0.05) is 5.69 Å². The monoisotopic (exact) mass is 702 g/mol. The smallest absolute Gasteiger partial charge is 0.296 e. The summed E-state index contributed by atoms with van der Waals surface area (Å²) in [6.07, 6.45) is 0. The van der Waals surface area contributed by atoms with Crippen LogP contribution in [0.25, 0.3) is 10.8 Å². The zero-order valence-corrected chi connectivity index (χ0v) is 25.0. The third-order valence-electron chi connectivity index (χ3n) is 5.79. The molecule has 0 aliphatic heterocycles. The van der Waals surface area contributed by atoms with Crippen molar-refractivity contribution >= 4 is 85.4 Å². The Morgan fingerprint density at radius 1 is 0.533 bits per heavy atom. The minimum Gasteiger partial charge on any atom is -0.505 e. The molecule has 0 saturated carbocycles. The topological polar surface area (TPSA) is 339 Å². The summed E-state index contributed by atoms with van der Waals surface area (Å²) >= 11 is 0. The van der Waals surface area contributed by atoms with E-state index in [2.05, 4.69) is 20.5 Å². The van der Waals surface area contributed by atoms with Crippen LogP contribution in [-0.2, 0) is 40.5 Å². The first-order valence-corrected chi connectivity index (χ1v) is 17.2. The number of anilines is 2. The summed E-state index contributed by atoms with van der Waals surface area (Å²) in [6, 6.07) is 8.47. The molecule has 23 heteroatoms. The summed E-state index contributed by atoms with van der Waals surface area (Å²) in [7, 11) is -20.4. The standard InChI is InChI=1S/C22H18N6O13S4/c23-11-5-6-15(43(33,34)35)13(9-11)26-27-20-16(44(36,37)38)7-10-8-17(45(39,40)41)21(22(29)18(10)19(20)24)28-25-12-3-1-2-4-14(12)42(30,31)32/h1-9,29H,23-24H2,(H,30,31,32)(H,33,34,35)(H,36,37,38)(H,39,40,41). The summed E-state index contributed by atoms with van der Waals surface area (Å²) < 4.78 is 134. The van der Waals surface area contributed by atoms with Crippen molar-refractivity contribution in [1.82, 2.24) is 0 Å². The van der Waals surface area contributed by atoms with Crippen LogP contribution in [0.15, 0.2) is 94.6 Å². The molecule has 0 unspecified atom stereocenters. The van der Waals surface area contributed by atoms with Gasteiger partial charge in [0.25, 0.3) is 40.5 Å². The van der Waals surface area contributed by atoms with E-state index in [0.29, 0.717) is 12.1 Å². The Hall–Kier alpha value is -4.62. The van der Waals surface area contributed by atoms with Gasteiger partial charge in [-0.1, -0.05) is 12.1 Å². The molecule has 238 valence electrons. The molecule has 0 heterocycles. The number of benzene rings is 4. The second kappa shape index (κ2) is 11.4. The van der Waals surface area contributed by atoms with Gasteiger partial charge in [-0.2, -0.15) is 33.7 Å². The molecular weight excluding hydrogens is 685 g/mol. The molecule has 0 aliphatic rings. The van der Waals surface area contributed by atoms with E-state index in [1.807, 2.05) is 0 Å². The maximum Gasteiger partial charge on any atom is 0.296 e. The molecule has 19 nitrogen and oxygen atoms in total. The number of hydrogen-bond donors (Lipinski definition) is 7. The second-order valence-electron chi connectivity index (χ2n) is 8.80. The van der Waals surface area contributed by atoms with Crippen LogP contribution < -0.4 is 11.5 Å². The molecule has 0 amide bonds. The highest BCUT2D eigenvalue weighted by molar-refractivity contribution is 7.86. The van der Waals surface area contributed by atoms with Crippen LogP contribution in [0.5, 0.6) is 5.75 Å². The van der Waals surface area contributed by atoms with Gasteiger partial charge in [-0.3, -0.25) is 18.2 Å². The lowest BCUT2D eigenvalue weighted by Crippen LogP contribution is -2.04. The largest absolute Gasteiger partial charge is 0.505 e. The highest BCUT2D eigenvalue weighted by atomic mass is 32.2. The molecule has 0 spiro atoms. The van der Waals surface area contributed by atoms with Crippen LogP contribution in [0.1, 0.15) is 0 Å². The fourth-order valence-electron chi connectivity index (χ4n) is 3.90. The number of phenolic OH excluding ortho intramolecular Hbond substituents is 1. The molecule has 9 N–H and O–H groups in total. The highest BCUT2D eigenvalue weighted by Crippen LogP contribution is 2.48. The molecule has 0 radical (unpaired) electrons. The van der Waals surface area contributed by atoms with E-state index in [0.717, 1.165) is 30.3 Å². The Morgan fingerprint density at radius 3 is 1.56 bits per heavy atom. The van der Waals surface area contributed by atoms with Gasteiger partial charge in [-0.25, -0.2) is 0 Å². The Kier molecular flexibility index (Phi) is 8.42. The van der Waals surface area contributed by atoms with Crippen LogP contribution in [0.3, 0.4) is 0 Å². The minimum atomic E-state index is -5.30. The molecule has 0 aromatic heterocycles. The van der Waals surface area contributed by atoms with Gasteiger partial charge in [0.1, 0.15) is 42.3 Å². The first kappa shape index (κ1) is 33.3. The van der Waals surface area contributed by atoms with Gasteiger partial charge in [0.15, 0.2) is 5.75 Å². The number of fused-ring (bicyclic) bond motifs is 1. The van der Waals surface area contributed by atoms with Crippen molar-refractivity contribution in [2.45, 2.75) is 19.6 Å². The van der Waals surface area contributed by atoms with E-state index in [9.17, 15) is 57.0 Å². The lowest BCUT2D eigenvalue weighted by molar-refractivity contribution is 0.472. The van der Waals surface area contributed by atoms with E-state index >= 15 is 0 Å². The van der Waals surface area contributed by atoms with Crippen LogP contribution in [0, 0.1) is 0 Å². The molecule has 45 heavy (non-hydrogen) atoms. The number of aromatic hydroxyl groups is 1. The number of phenols is 1. The maximum absolute atomic E-state index is 12.3. The predicted molar refractivity (Wildman–Crippen MR) is 155 cm³/mol. The fourth-order valence-corrected chi connectivity index (χ4v) is 6.46. The van der Waals surface area contributed by atoms with E-state index in [4.69, 9.17) is 11.5 Å². The van der Waals surface area contributed by atoms with Crippen LogP contribution >= 0.6 is 0 Å². The van der Waals surface area contributed by atoms with E-state index < -0.39 is 105 Å². The van der Waals surface area contributed by atoms with Crippen LogP contribution in [0.2, 0.25) is 0 Å². The zero-order valence-electron chi connectivity index (χ0n) is 21.8. The Balaban J connectivity index is 2.08. The van der Waals surface area contributed by atoms with Crippen molar-refractivity contribution in [2.75, 3.05) is 11.5 Å². The van der Waals surface area contributed by atoms with Gasteiger partial charge in [-0.05, 0) is 47.9 Å². The Bertz CT molecular complexity index is 2410. The van der Waals surface area contributed by atoms with Gasteiger partial charge in [0.2, 0.25) is 0 Å². The summed E-state index contributed by atoms with van der Waals surface area (Å²) in [4.78, 5) is -3.91. The molecule has 0 saturated heterocycles. The number of azo groups is 2. The maximum atomic E-state index is 12.3. The van der Waals surface area contributed by atoms with Crippen molar-refractivity contribution in [3.05, 3.63) is 54.6 Å². The molecule has 0 bridgehead atoms. The highest BCUT2D eigenvalue weighted by Gasteiger charge is 2.28. The molecule has 0 atom stereocenters. The zero-order chi connectivity index (χ0) is 33.7. The SMILES string of the molecule is Nc1ccc(S(=O)(=O)O)c(N=Nc2c(S(=O)(=O)O)cc3cc(S(=O)(=O)O)c(N=Nc4ccccc4S(=O)(=O)O)c(O)c3c2N)c1. The van der Waals surface area contributed by atoms with Gasteiger partial charge >= 0.3 is 0 Å². The summed E-state index contributed by atoms with van der Waals surface area (Å²) in [6.45, 7) is 0. The van der Waals surface area contributed by atoms with Gasteiger partial charge in [-0.15, -0.1) is 20.5 Å². The fraction of sp³-hybridized carbons (Fsp3) is 0. The molecule has 0 aliphatic carbocycles. The van der Waals surface area contributed by atoms with Crippen molar-refractivity contribution in [1.29, 1.82) is 0 Å². The number of hydrogen-bond acceptors (Lipinski definition) is 15. The first-order valence-electron chi connectivity index (χ1n) is 11.4. The third-order valence-corrected chi connectivity index (χ3v) is 9.33. The van der Waals surface area contributed by atoms with Crippen LogP contribution in [0.4, 0.5) is 34.1 Å². The molecule has 4 rings (SSSR count). The summed E-state index contributed by atoms with van der Waals surface area (Å²) in [5.74, 6) is -1.19. The molecule has 4 aromatic carbocycles. The van der Waals surface area contributed by atoms with Crippen molar-refractivity contribution in [3.63, 3.8) is 0 Å². The van der Waals surface area contributed by atoms with E-state index in [1.165, 1.54) is 12.1 Å². The van der Waals surface area contributed by atoms with Gasteiger partial charge < -0.3 is 16.6 Å². The number of nitrogen functional groups attached to an aromatic ring is 2. The summed E-state index contributed by atoms with van der Waals surface area (Å²) in [5, 5.41) is 24.2. The lowest BCUT2D eigenvalue weighted by Gasteiger charge is -2.14. The average Bonchev–Trinajstić information content (AvgIpc) is 2.89. The first-order chi connectivity index (χ1) is 20.6. The quantitative estimate of drug-likeness (QED) is 0.0784. The van der Waals surface area contributed by atoms with Crippen LogP contribution in [-0.4, -0.2) is 57.0 Å². The van der Waals surface area contributed by atoms with E-state index in [1.54, 1.807) is 0 Å². The molecular formula is C22H18N6O13S4. The Morgan fingerprint density at radius 2 is 1.00 bits per heavy atom. The minimum absolute atomic E-state index is 0.0706. The number of nitrogens with zero attached hydrogens (tertiary/aromatic N) is 4. The average molecular weight is 703 g/mol. The Labute approximate surface area is 253 Å². The number of rotatable bonds is 8. The molecule has 4 aromatic rings. The normalized spacial score (nSPS) is 13.2. The molecule has 0 fully saturated rings. The predicted octanol–water partition coefficient (Wildman–Crippen LogP) is 3.53. The van der Waals surface area contributed by atoms with Crippen molar-refractivity contribution in [2.24, 2.45) is 20.5 Å². The van der Waals surface area contributed by atoms with Crippen molar-refractivity contribution < 1.29 is 57.0 Å². The third kappa shape index (κ3) is 6.89. The van der Waals surface area contributed by atoms with E-state index in [-0.39, 0.29) is 5.69 Å².